The van der Waals surface area contributed by atoms with Crippen molar-refractivity contribution in [1.29, 1.82) is 0 Å². The van der Waals surface area contributed by atoms with Crippen molar-refractivity contribution in [3.63, 3.8) is 0 Å². The average Bonchev–Trinajstić information content (AvgIpc) is 3.22. The van der Waals surface area contributed by atoms with Gasteiger partial charge in [-0.3, -0.25) is 4.79 Å². The summed E-state index contributed by atoms with van der Waals surface area (Å²) in [5.41, 5.74) is 4.89. The predicted octanol–water partition coefficient (Wildman–Crippen LogP) is 5.04. The number of carbonyl (C=O) groups is 1. The van der Waals surface area contributed by atoms with E-state index in [9.17, 15) is 4.79 Å². The molecule has 0 bridgehead atoms. The van der Waals surface area contributed by atoms with E-state index in [1.807, 2.05) is 29.2 Å². The van der Waals surface area contributed by atoms with Crippen molar-refractivity contribution in [2.45, 2.75) is 18.0 Å². The van der Waals surface area contributed by atoms with Crippen LogP contribution in [0.25, 0.3) is 21.3 Å². The lowest BCUT2D eigenvalue weighted by Gasteiger charge is -2.28. The Labute approximate surface area is 177 Å². The molecule has 29 heavy (non-hydrogen) atoms. The summed E-state index contributed by atoms with van der Waals surface area (Å²) in [7, 11) is 0. The highest BCUT2D eigenvalue weighted by atomic mass is 32.2. The van der Waals surface area contributed by atoms with E-state index in [-0.39, 0.29) is 5.91 Å². The number of fused-ring (bicyclic) bond motifs is 2. The first kappa shape index (κ1) is 18.3. The average molecular weight is 418 g/mol. The molecule has 1 aliphatic rings. The number of hydrogen-bond donors (Lipinski definition) is 0. The van der Waals surface area contributed by atoms with E-state index in [4.69, 9.17) is 0 Å². The van der Waals surface area contributed by atoms with Crippen molar-refractivity contribution in [2.24, 2.45) is 0 Å². The molecule has 2 aromatic heterocycles. The van der Waals surface area contributed by atoms with Gasteiger partial charge in [-0.05, 0) is 23.1 Å². The molecule has 3 heterocycles. The van der Waals surface area contributed by atoms with E-state index < -0.39 is 0 Å². The first-order chi connectivity index (χ1) is 14.3. The zero-order chi connectivity index (χ0) is 19.6. The van der Waals surface area contributed by atoms with Gasteiger partial charge in [-0.15, -0.1) is 11.3 Å². The van der Waals surface area contributed by atoms with Crippen molar-refractivity contribution in [3.8, 4) is 11.1 Å². The number of carbonyl (C=O) groups excluding carboxylic acids is 1. The van der Waals surface area contributed by atoms with Crippen molar-refractivity contribution in [3.05, 3.63) is 77.4 Å². The largest absolute Gasteiger partial charge is 0.337 e. The zero-order valence-corrected chi connectivity index (χ0v) is 17.4. The molecule has 0 spiro atoms. The molecule has 0 N–H and O–H groups in total. The maximum Gasteiger partial charge on any atom is 0.233 e. The highest BCUT2D eigenvalue weighted by Gasteiger charge is 2.21. The number of rotatable bonds is 4. The molecule has 6 heteroatoms. The highest BCUT2D eigenvalue weighted by Crippen LogP contribution is 2.37. The third-order valence-electron chi connectivity index (χ3n) is 5.24. The molecule has 4 nitrogen and oxygen atoms in total. The number of aromatic nitrogens is 2. The maximum absolute atomic E-state index is 12.9. The first-order valence-electron chi connectivity index (χ1n) is 9.54. The van der Waals surface area contributed by atoms with E-state index in [0.29, 0.717) is 12.3 Å². The van der Waals surface area contributed by atoms with Crippen molar-refractivity contribution in [1.82, 2.24) is 14.9 Å². The molecule has 0 aliphatic carbocycles. The van der Waals surface area contributed by atoms with Gasteiger partial charge in [0.1, 0.15) is 16.2 Å². The summed E-state index contributed by atoms with van der Waals surface area (Å²) in [6, 6.07) is 18.7. The Kier molecular flexibility index (Phi) is 5.04. The number of nitrogens with zero attached hydrogens (tertiary/aromatic N) is 3. The van der Waals surface area contributed by atoms with Crippen molar-refractivity contribution < 1.29 is 4.79 Å². The molecule has 2 aromatic carbocycles. The fraction of sp³-hybridized carbons (Fsp3) is 0.174. The quantitative estimate of drug-likeness (QED) is 0.345. The van der Waals surface area contributed by atoms with E-state index in [2.05, 4.69) is 45.7 Å². The molecule has 5 rings (SSSR count). The lowest BCUT2D eigenvalue weighted by molar-refractivity contribution is -0.129. The summed E-state index contributed by atoms with van der Waals surface area (Å²) < 4.78 is 0. The third-order valence-corrected chi connectivity index (χ3v) is 7.10. The topological polar surface area (TPSA) is 46.1 Å². The molecule has 4 aromatic rings. The Balaban J connectivity index is 1.36. The monoisotopic (exact) mass is 417 g/mol. The SMILES string of the molecule is O=C(CSc1ncnc2scc(-c3ccccc3)c12)N1CCc2ccccc2C1. The fourth-order valence-corrected chi connectivity index (χ4v) is 5.61. The molecule has 1 amide bonds. The summed E-state index contributed by atoms with van der Waals surface area (Å²) in [6.45, 7) is 1.48. The van der Waals surface area contributed by atoms with Gasteiger partial charge in [0.05, 0.1) is 11.1 Å². The number of thioether (sulfide) groups is 1. The molecule has 0 radical (unpaired) electrons. The van der Waals surface area contributed by atoms with Gasteiger partial charge in [-0.1, -0.05) is 66.4 Å². The van der Waals surface area contributed by atoms with Crippen LogP contribution in [0.15, 0.2) is 71.3 Å². The lowest BCUT2D eigenvalue weighted by atomic mass is 10.00. The molecule has 0 unspecified atom stereocenters. The first-order valence-corrected chi connectivity index (χ1v) is 11.4. The molecule has 144 valence electrons. The van der Waals surface area contributed by atoms with E-state index >= 15 is 0 Å². The highest BCUT2D eigenvalue weighted by molar-refractivity contribution is 8.00. The molecule has 0 fully saturated rings. The van der Waals surface area contributed by atoms with Crippen LogP contribution in [-0.2, 0) is 17.8 Å². The van der Waals surface area contributed by atoms with Crippen molar-refractivity contribution in [2.75, 3.05) is 12.3 Å². The van der Waals surface area contributed by atoms with Gasteiger partial charge in [0.2, 0.25) is 5.91 Å². The summed E-state index contributed by atoms with van der Waals surface area (Å²) in [5.74, 6) is 0.547. The van der Waals surface area contributed by atoms with Crippen LogP contribution in [0.5, 0.6) is 0 Å². The van der Waals surface area contributed by atoms with Crippen LogP contribution in [0.1, 0.15) is 11.1 Å². The second-order valence-electron chi connectivity index (χ2n) is 7.00. The second-order valence-corrected chi connectivity index (χ2v) is 8.82. The minimum atomic E-state index is 0.160. The van der Waals surface area contributed by atoms with Crippen LogP contribution in [0.3, 0.4) is 0 Å². The Morgan fingerprint density at radius 1 is 1.03 bits per heavy atom. The van der Waals surface area contributed by atoms with Crippen LogP contribution in [0.2, 0.25) is 0 Å². The Morgan fingerprint density at radius 3 is 2.69 bits per heavy atom. The van der Waals surface area contributed by atoms with E-state index in [0.717, 1.165) is 39.3 Å². The van der Waals surface area contributed by atoms with E-state index in [1.165, 1.54) is 22.9 Å². The van der Waals surface area contributed by atoms with Gasteiger partial charge >= 0.3 is 0 Å². The van der Waals surface area contributed by atoms with Crippen LogP contribution in [0, 0.1) is 0 Å². The Bertz CT molecular complexity index is 1170. The minimum absolute atomic E-state index is 0.160. The molecule has 0 atom stereocenters. The van der Waals surface area contributed by atoms with E-state index in [1.54, 1.807) is 17.7 Å². The summed E-state index contributed by atoms with van der Waals surface area (Å²) >= 11 is 3.13. The summed E-state index contributed by atoms with van der Waals surface area (Å²) in [4.78, 5) is 24.7. The van der Waals surface area contributed by atoms with Gasteiger partial charge in [0.25, 0.3) is 0 Å². The third kappa shape index (κ3) is 3.66. The predicted molar refractivity (Wildman–Crippen MR) is 119 cm³/mol. The number of amides is 1. The molecular weight excluding hydrogens is 398 g/mol. The van der Waals surface area contributed by atoms with Crippen molar-refractivity contribution >= 4 is 39.2 Å². The number of thiophene rings is 1. The van der Waals surface area contributed by atoms with Crippen LogP contribution in [-0.4, -0.2) is 33.1 Å². The normalized spacial score (nSPS) is 13.4. The Hall–Kier alpha value is -2.70. The van der Waals surface area contributed by atoms with Crippen LogP contribution >= 0.6 is 23.1 Å². The standard InChI is InChI=1S/C23H19N3OS2/c27-20(26-11-10-16-6-4-5-9-18(16)12-26)14-29-23-21-19(17-7-2-1-3-8-17)13-28-22(21)24-15-25-23/h1-9,13,15H,10-12,14H2. The minimum Gasteiger partial charge on any atom is -0.337 e. The number of benzene rings is 2. The van der Waals surface area contributed by atoms with Gasteiger partial charge < -0.3 is 4.90 Å². The Morgan fingerprint density at radius 2 is 1.83 bits per heavy atom. The smallest absolute Gasteiger partial charge is 0.233 e. The van der Waals surface area contributed by atoms with Gasteiger partial charge in [-0.25, -0.2) is 9.97 Å². The fourth-order valence-electron chi connectivity index (χ4n) is 3.72. The number of hydrogen-bond acceptors (Lipinski definition) is 5. The summed E-state index contributed by atoms with van der Waals surface area (Å²) in [5, 5.41) is 4.05. The second kappa shape index (κ2) is 7.97. The van der Waals surface area contributed by atoms with Crippen LogP contribution < -0.4 is 0 Å². The van der Waals surface area contributed by atoms with Gasteiger partial charge in [0.15, 0.2) is 0 Å². The molecule has 1 aliphatic heterocycles. The molecular formula is C23H19N3OS2. The van der Waals surface area contributed by atoms with Gasteiger partial charge in [0, 0.05) is 24.0 Å². The van der Waals surface area contributed by atoms with Gasteiger partial charge in [-0.2, -0.15) is 0 Å². The summed E-state index contributed by atoms with van der Waals surface area (Å²) in [6.07, 6.45) is 2.52. The lowest BCUT2D eigenvalue weighted by Crippen LogP contribution is -2.37. The zero-order valence-electron chi connectivity index (χ0n) is 15.7. The van der Waals surface area contributed by atoms with Crippen LogP contribution in [0.4, 0.5) is 0 Å². The maximum atomic E-state index is 12.9. The molecule has 0 saturated heterocycles. The molecule has 0 saturated carbocycles.